The van der Waals surface area contributed by atoms with Crippen molar-refractivity contribution in [1.82, 2.24) is 19.9 Å². The summed E-state index contributed by atoms with van der Waals surface area (Å²) in [6.45, 7) is 2.51. The summed E-state index contributed by atoms with van der Waals surface area (Å²) in [5.41, 5.74) is 2.79. The van der Waals surface area contributed by atoms with E-state index in [1.165, 1.54) is 5.56 Å². The zero-order chi connectivity index (χ0) is 19.8. The van der Waals surface area contributed by atoms with Crippen LogP contribution in [-0.4, -0.2) is 47.0 Å². The molecule has 3 rings (SSSR count). The largest absolute Gasteiger partial charge is 0.366 e. The first-order valence-electron chi connectivity index (χ1n) is 9.27. The first-order valence-corrected chi connectivity index (χ1v) is 10.1. The fourth-order valence-corrected chi connectivity index (χ4v) is 3.14. The smallest absolute Gasteiger partial charge is 0.225 e. The van der Waals surface area contributed by atoms with Gasteiger partial charge in [-0.25, -0.2) is 4.98 Å². The number of hydrogen-bond donors (Lipinski definition) is 2. The van der Waals surface area contributed by atoms with Gasteiger partial charge in [0.1, 0.15) is 5.82 Å². The Hall–Kier alpha value is -2.51. The standard InChI is InChI=1S/C21H25BrN6/c1-28(2)12-6-11-24-21-26-19(18-9-3-4-10-23-18)14-20(27-21)25-15-16-7-5-8-17(22)13-16/h3-5,7-10,13-14H,6,11-12,15H2,1-2H3,(H2,24,25,26,27). The fourth-order valence-electron chi connectivity index (χ4n) is 2.70. The summed E-state index contributed by atoms with van der Waals surface area (Å²) in [4.78, 5) is 15.9. The SMILES string of the molecule is CN(C)CCCNc1nc(NCc2cccc(Br)c2)cc(-c2ccccn2)n1. The maximum atomic E-state index is 4.64. The molecule has 0 atom stereocenters. The van der Waals surface area contributed by atoms with Crippen LogP contribution in [0.4, 0.5) is 11.8 Å². The van der Waals surface area contributed by atoms with Gasteiger partial charge in [0.2, 0.25) is 5.95 Å². The molecule has 0 aliphatic rings. The molecule has 2 heterocycles. The zero-order valence-electron chi connectivity index (χ0n) is 16.2. The highest BCUT2D eigenvalue weighted by molar-refractivity contribution is 9.10. The van der Waals surface area contributed by atoms with Crippen LogP contribution in [0.25, 0.3) is 11.4 Å². The Kier molecular flexibility index (Phi) is 7.33. The Morgan fingerprint density at radius 3 is 2.61 bits per heavy atom. The van der Waals surface area contributed by atoms with Crippen molar-refractivity contribution in [2.75, 3.05) is 37.8 Å². The third kappa shape index (κ3) is 6.28. The molecular weight excluding hydrogens is 416 g/mol. The van der Waals surface area contributed by atoms with Crippen molar-refractivity contribution in [3.05, 3.63) is 64.8 Å². The Morgan fingerprint density at radius 2 is 1.86 bits per heavy atom. The van der Waals surface area contributed by atoms with Crippen molar-refractivity contribution in [3.8, 4) is 11.4 Å². The number of aromatic nitrogens is 3. The average molecular weight is 441 g/mol. The summed E-state index contributed by atoms with van der Waals surface area (Å²) in [6, 6.07) is 16.0. The highest BCUT2D eigenvalue weighted by Gasteiger charge is 2.08. The summed E-state index contributed by atoms with van der Waals surface area (Å²) < 4.78 is 1.06. The molecule has 2 aromatic heterocycles. The third-order valence-electron chi connectivity index (χ3n) is 4.08. The van der Waals surface area contributed by atoms with Crippen LogP contribution < -0.4 is 10.6 Å². The Bertz CT molecular complexity index is 885. The number of halogens is 1. The molecule has 0 amide bonds. The molecule has 0 aliphatic heterocycles. The molecule has 0 unspecified atom stereocenters. The van der Waals surface area contributed by atoms with E-state index < -0.39 is 0 Å². The van der Waals surface area contributed by atoms with Crippen molar-refractivity contribution in [3.63, 3.8) is 0 Å². The molecule has 0 bridgehead atoms. The van der Waals surface area contributed by atoms with E-state index in [1.54, 1.807) is 6.20 Å². The van der Waals surface area contributed by atoms with Gasteiger partial charge >= 0.3 is 0 Å². The number of nitrogens with zero attached hydrogens (tertiary/aromatic N) is 4. The lowest BCUT2D eigenvalue weighted by Crippen LogP contribution is -2.17. The highest BCUT2D eigenvalue weighted by atomic mass is 79.9. The average Bonchev–Trinajstić information content (AvgIpc) is 2.70. The van der Waals surface area contributed by atoms with E-state index in [1.807, 2.05) is 36.4 Å². The Labute approximate surface area is 174 Å². The molecule has 0 aliphatic carbocycles. The number of anilines is 2. The molecule has 0 saturated carbocycles. The molecule has 2 N–H and O–H groups in total. The molecular formula is C21H25BrN6. The summed E-state index contributed by atoms with van der Waals surface area (Å²) in [6.07, 6.45) is 2.79. The van der Waals surface area contributed by atoms with Crippen LogP contribution in [-0.2, 0) is 6.54 Å². The van der Waals surface area contributed by atoms with Gasteiger partial charge in [-0.05, 0) is 56.9 Å². The molecule has 6 nitrogen and oxygen atoms in total. The Morgan fingerprint density at radius 1 is 0.964 bits per heavy atom. The molecule has 1 aromatic carbocycles. The van der Waals surface area contributed by atoms with E-state index in [-0.39, 0.29) is 0 Å². The minimum atomic E-state index is 0.610. The number of rotatable bonds is 9. The maximum absolute atomic E-state index is 4.64. The minimum Gasteiger partial charge on any atom is -0.366 e. The van der Waals surface area contributed by atoms with Crippen LogP contribution in [0.2, 0.25) is 0 Å². The van der Waals surface area contributed by atoms with Crippen molar-refractivity contribution < 1.29 is 0 Å². The number of hydrogen-bond acceptors (Lipinski definition) is 6. The van der Waals surface area contributed by atoms with E-state index in [0.29, 0.717) is 12.5 Å². The van der Waals surface area contributed by atoms with Gasteiger partial charge in [0, 0.05) is 29.8 Å². The second-order valence-electron chi connectivity index (χ2n) is 6.74. The lowest BCUT2D eigenvalue weighted by Gasteiger charge is -2.13. The summed E-state index contributed by atoms with van der Waals surface area (Å²) in [5, 5.41) is 6.73. The van der Waals surface area contributed by atoms with E-state index in [9.17, 15) is 0 Å². The van der Waals surface area contributed by atoms with Crippen LogP contribution in [0.15, 0.2) is 59.2 Å². The first-order chi connectivity index (χ1) is 13.6. The topological polar surface area (TPSA) is 66.0 Å². The van der Waals surface area contributed by atoms with Crippen LogP contribution >= 0.6 is 15.9 Å². The van der Waals surface area contributed by atoms with E-state index >= 15 is 0 Å². The normalized spacial score (nSPS) is 10.9. The highest BCUT2D eigenvalue weighted by Crippen LogP contribution is 2.20. The van der Waals surface area contributed by atoms with E-state index in [4.69, 9.17) is 0 Å². The molecule has 7 heteroatoms. The van der Waals surface area contributed by atoms with Gasteiger partial charge in [-0.3, -0.25) is 4.98 Å². The first kappa shape index (κ1) is 20.2. The Balaban J connectivity index is 1.76. The van der Waals surface area contributed by atoms with Gasteiger partial charge in [-0.1, -0.05) is 34.1 Å². The number of benzene rings is 1. The summed E-state index contributed by atoms with van der Waals surface area (Å²) in [5.74, 6) is 1.38. The summed E-state index contributed by atoms with van der Waals surface area (Å²) >= 11 is 3.51. The predicted octanol–water partition coefficient (Wildman–Crippen LogP) is 4.28. The minimum absolute atomic E-state index is 0.610. The maximum Gasteiger partial charge on any atom is 0.225 e. The van der Waals surface area contributed by atoms with E-state index in [2.05, 4.69) is 72.6 Å². The number of nitrogens with one attached hydrogen (secondary N) is 2. The van der Waals surface area contributed by atoms with Crippen molar-refractivity contribution in [2.45, 2.75) is 13.0 Å². The van der Waals surface area contributed by atoms with Crippen LogP contribution in [0.5, 0.6) is 0 Å². The lowest BCUT2D eigenvalue weighted by molar-refractivity contribution is 0.405. The van der Waals surface area contributed by atoms with Crippen LogP contribution in [0.1, 0.15) is 12.0 Å². The van der Waals surface area contributed by atoms with Gasteiger partial charge in [0.25, 0.3) is 0 Å². The third-order valence-corrected chi connectivity index (χ3v) is 4.57. The van der Waals surface area contributed by atoms with Crippen molar-refractivity contribution >= 4 is 27.7 Å². The molecule has 0 saturated heterocycles. The van der Waals surface area contributed by atoms with Crippen LogP contribution in [0.3, 0.4) is 0 Å². The molecule has 0 fully saturated rings. The quantitative estimate of drug-likeness (QED) is 0.484. The molecule has 0 radical (unpaired) electrons. The van der Waals surface area contributed by atoms with Gasteiger partial charge < -0.3 is 15.5 Å². The second kappa shape index (κ2) is 10.1. The molecule has 28 heavy (non-hydrogen) atoms. The molecule has 3 aromatic rings. The second-order valence-corrected chi connectivity index (χ2v) is 7.66. The fraction of sp³-hybridized carbons (Fsp3) is 0.286. The van der Waals surface area contributed by atoms with Gasteiger partial charge in [-0.2, -0.15) is 4.98 Å². The zero-order valence-corrected chi connectivity index (χ0v) is 17.8. The van der Waals surface area contributed by atoms with Gasteiger partial charge in [-0.15, -0.1) is 0 Å². The monoisotopic (exact) mass is 440 g/mol. The van der Waals surface area contributed by atoms with Gasteiger partial charge in [0.05, 0.1) is 11.4 Å². The van der Waals surface area contributed by atoms with Crippen molar-refractivity contribution in [2.24, 2.45) is 0 Å². The lowest BCUT2D eigenvalue weighted by atomic mass is 10.2. The van der Waals surface area contributed by atoms with Crippen molar-refractivity contribution in [1.29, 1.82) is 0 Å². The predicted molar refractivity (Wildman–Crippen MR) is 118 cm³/mol. The number of pyridine rings is 1. The van der Waals surface area contributed by atoms with E-state index in [0.717, 1.165) is 41.2 Å². The van der Waals surface area contributed by atoms with Crippen LogP contribution in [0, 0.1) is 0 Å². The summed E-state index contributed by atoms with van der Waals surface area (Å²) in [7, 11) is 4.14. The molecule has 0 spiro atoms. The molecule has 146 valence electrons. The van der Waals surface area contributed by atoms with Gasteiger partial charge in [0.15, 0.2) is 0 Å².